The van der Waals surface area contributed by atoms with Crippen molar-refractivity contribution in [2.45, 2.75) is 24.8 Å². The van der Waals surface area contributed by atoms with Crippen molar-refractivity contribution < 1.29 is 4.79 Å². The average Bonchev–Trinajstić information content (AvgIpc) is 2.90. The SMILES string of the molecule is CC1NC(=O)C2C=CC(c3ccc(Cl)cc3Cl)C(c3ccc(Cl)cc3)C12. The van der Waals surface area contributed by atoms with Crippen LogP contribution in [0, 0.1) is 11.8 Å². The number of rotatable bonds is 2. The van der Waals surface area contributed by atoms with Crippen LogP contribution in [0.15, 0.2) is 54.6 Å². The largest absolute Gasteiger partial charge is 0.353 e. The van der Waals surface area contributed by atoms with Gasteiger partial charge in [-0.1, -0.05) is 65.2 Å². The summed E-state index contributed by atoms with van der Waals surface area (Å²) in [5.41, 5.74) is 2.19. The Balaban J connectivity index is 1.85. The van der Waals surface area contributed by atoms with Crippen molar-refractivity contribution in [1.82, 2.24) is 5.32 Å². The van der Waals surface area contributed by atoms with Gasteiger partial charge in [0.1, 0.15) is 0 Å². The van der Waals surface area contributed by atoms with Crippen molar-refractivity contribution in [3.8, 4) is 0 Å². The molecule has 2 aliphatic rings. The van der Waals surface area contributed by atoms with Crippen LogP contribution in [0.25, 0.3) is 0 Å². The molecule has 5 unspecified atom stereocenters. The minimum Gasteiger partial charge on any atom is -0.353 e. The van der Waals surface area contributed by atoms with E-state index in [2.05, 4.69) is 30.4 Å². The van der Waals surface area contributed by atoms with Crippen LogP contribution in [-0.4, -0.2) is 11.9 Å². The van der Waals surface area contributed by atoms with Crippen molar-refractivity contribution in [1.29, 1.82) is 0 Å². The van der Waals surface area contributed by atoms with Crippen LogP contribution in [0.4, 0.5) is 0 Å². The highest BCUT2D eigenvalue weighted by atomic mass is 35.5. The lowest BCUT2D eigenvalue weighted by Gasteiger charge is -2.38. The summed E-state index contributed by atoms with van der Waals surface area (Å²) >= 11 is 18.7. The topological polar surface area (TPSA) is 29.1 Å². The summed E-state index contributed by atoms with van der Waals surface area (Å²) in [5.74, 6) is 0.323. The van der Waals surface area contributed by atoms with Gasteiger partial charge in [0, 0.05) is 38.9 Å². The number of fused-ring (bicyclic) bond motifs is 1. The van der Waals surface area contributed by atoms with Crippen LogP contribution < -0.4 is 5.32 Å². The summed E-state index contributed by atoms with van der Waals surface area (Å²) in [6.07, 6.45) is 4.15. The van der Waals surface area contributed by atoms with Crippen molar-refractivity contribution in [2.75, 3.05) is 0 Å². The molecule has 1 saturated heterocycles. The van der Waals surface area contributed by atoms with E-state index in [1.165, 1.54) is 0 Å². The minimum atomic E-state index is -0.118. The molecule has 1 aliphatic heterocycles. The zero-order valence-corrected chi connectivity index (χ0v) is 16.4. The van der Waals surface area contributed by atoms with E-state index in [-0.39, 0.29) is 35.6 Å². The molecule has 0 bridgehead atoms. The Labute approximate surface area is 168 Å². The minimum absolute atomic E-state index is 0.0670. The lowest BCUT2D eigenvalue weighted by Crippen LogP contribution is -2.33. The lowest BCUT2D eigenvalue weighted by atomic mass is 9.65. The third kappa shape index (κ3) is 3.05. The fourth-order valence-electron chi connectivity index (χ4n) is 4.43. The van der Waals surface area contributed by atoms with Crippen molar-refractivity contribution in [3.05, 3.63) is 80.8 Å². The lowest BCUT2D eigenvalue weighted by molar-refractivity contribution is -0.121. The predicted molar refractivity (Wildman–Crippen MR) is 107 cm³/mol. The number of benzene rings is 2. The molecule has 5 atom stereocenters. The van der Waals surface area contributed by atoms with Gasteiger partial charge >= 0.3 is 0 Å². The maximum Gasteiger partial charge on any atom is 0.227 e. The number of hydrogen-bond donors (Lipinski definition) is 1. The zero-order valence-electron chi connectivity index (χ0n) is 14.1. The van der Waals surface area contributed by atoms with E-state index >= 15 is 0 Å². The third-order valence-electron chi connectivity index (χ3n) is 5.57. The first-order chi connectivity index (χ1) is 12.5. The molecule has 1 heterocycles. The molecule has 26 heavy (non-hydrogen) atoms. The van der Waals surface area contributed by atoms with Crippen LogP contribution in [0.5, 0.6) is 0 Å². The van der Waals surface area contributed by atoms with E-state index in [1.54, 1.807) is 6.07 Å². The third-order valence-corrected chi connectivity index (χ3v) is 6.38. The Kier molecular flexibility index (Phi) is 4.77. The van der Waals surface area contributed by atoms with Gasteiger partial charge in [0.2, 0.25) is 5.91 Å². The summed E-state index contributed by atoms with van der Waals surface area (Å²) in [5, 5.41) is 5.06. The highest BCUT2D eigenvalue weighted by Gasteiger charge is 2.48. The zero-order chi connectivity index (χ0) is 18.4. The standard InChI is InChI=1S/C21H18Cl3NO/c1-11-19-17(21(26)25-11)9-8-16(15-7-6-14(23)10-18(15)24)20(19)12-2-4-13(22)5-3-12/h2-11,16-17,19-20H,1H3,(H,25,26). The summed E-state index contributed by atoms with van der Waals surface area (Å²) in [6.45, 7) is 2.07. The van der Waals surface area contributed by atoms with Crippen molar-refractivity contribution >= 4 is 40.7 Å². The number of carbonyl (C=O) groups is 1. The van der Waals surface area contributed by atoms with Crippen LogP contribution in [0.1, 0.15) is 29.9 Å². The normalized spacial score (nSPS) is 30.2. The molecule has 1 aliphatic carbocycles. The van der Waals surface area contributed by atoms with Gasteiger partial charge in [0.15, 0.2) is 0 Å². The number of amides is 1. The molecule has 4 rings (SSSR count). The van der Waals surface area contributed by atoms with Gasteiger partial charge < -0.3 is 5.32 Å². The summed E-state index contributed by atoms with van der Waals surface area (Å²) in [4.78, 5) is 12.4. The van der Waals surface area contributed by atoms with Crippen LogP contribution in [0.3, 0.4) is 0 Å². The van der Waals surface area contributed by atoms with Gasteiger partial charge in [0.25, 0.3) is 0 Å². The maximum atomic E-state index is 12.4. The van der Waals surface area contributed by atoms with E-state index in [0.717, 1.165) is 11.1 Å². The van der Waals surface area contributed by atoms with E-state index in [1.807, 2.05) is 30.3 Å². The molecule has 0 saturated carbocycles. The van der Waals surface area contributed by atoms with Gasteiger partial charge in [-0.05, 0) is 42.3 Å². The molecule has 1 fully saturated rings. The molecule has 2 aromatic rings. The van der Waals surface area contributed by atoms with Crippen LogP contribution in [0.2, 0.25) is 15.1 Å². The summed E-state index contributed by atoms with van der Waals surface area (Å²) in [6, 6.07) is 13.6. The fourth-order valence-corrected chi connectivity index (χ4v) is 5.10. The Hall–Kier alpha value is -1.48. The molecular weight excluding hydrogens is 389 g/mol. The molecule has 1 amide bonds. The summed E-state index contributed by atoms with van der Waals surface area (Å²) in [7, 11) is 0. The van der Waals surface area contributed by atoms with Crippen molar-refractivity contribution in [3.63, 3.8) is 0 Å². The number of carbonyl (C=O) groups excluding carboxylic acids is 1. The average molecular weight is 407 g/mol. The monoisotopic (exact) mass is 405 g/mol. The quantitative estimate of drug-likeness (QED) is 0.624. The first kappa shape index (κ1) is 17.9. The Morgan fingerprint density at radius 2 is 1.54 bits per heavy atom. The smallest absolute Gasteiger partial charge is 0.227 e. The van der Waals surface area contributed by atoms with Crippen LogP contribution >= 0.6 is 34.8 Å². The Bertz CT molecular complexity index is 877. The highest BCUT2D eigenvalue weighted by Crippen LogP contribution is 2.51. The van der Waals surface area contributed by atoms with E-state index < -0.39 is 0 Å². The van der Waals surface area contributed by atoms with Gasteiger partial charge in [-0.2, -0.15) is 0 Å². The fraction of sp³-hybridized carbons (Fsp3) is 0.286. The molecule has 0 aromatic heterocycles. The van der Waals surface area contributed by atoms with Gasteiger partial charge in [-0.25, -0.2) is 0 Å². The maximum absolute atomic E-state index is 12.4. The number of hydrogen-bond acceptors (Lipinski definition) is 1. The second kappa shape index (κ2) is 6.92. The van der Waals surface area contributed by atoms with E-state index in [4.69, 9.17) is 34.8 Å². The molecule has 134 valence electrons. The first-order valence-electron chi connectivity index (χ1n) is 8.65. The molecule has 1 N–H and O–H groups in total. The molecule has 0 radical (unpaired) electrons. The summed E-state index contributed by atoms with van der Waals surface area (Å²) < 4.78 is 0. The molecule has 5 heteroatoms. The second-order valence-corrected chi connectivity index (χ2v) is 8.33. The Morgan fingerprint density at radius 3 is 2.23 bits per heavy atom. The van der Waals surface area contributed by atoms with E-state index in [9.17, 15) is 4.79 Å². The van der Waals surface area contributed by atoms with Gasteiger partial charge in [-0.3, -0.25) is 4.79 Å². The van der Waals surface area contributed by atoms with Gasteiger partial charge in [0.05, 0.1) is 5.92 Å². The van der Waals surface area contributed by atoms with E-state index in [0.29, 0.717) is 15.1 Å². The predicted octanol–water partition coefficient (Wildman–Crippen LogP) is 5.83. The Morgan fingerprint density at radius 1 is 0.885 bits per heavy atom. The molecule has 2 nitrogen and oxygen atoms in total. The van der Waals surface area contributed by atoms with Crippen molar-refractivity contribution in [2.24, 2.45) is 11.8 Å². The number of allylic oxidation sites excluding steroid dienone is 1. The van der Waals surface area contributed by atoms with Gasteiger partial charge in [-0.15, -0.1) is 0 Å². The van der Waals surface area contributed by atoms with Crippen LogP contribution in [-0.2, 0) is 4.79 Å². The second-order valence-electron chi connectivity index (χ2n) is 7.05. The molecule has 2 aromatic carbocycles. The number of halogens is 3. The highest BCUT2D eigenvalue weighted by molar-refractivity contribution is 6.35. The first-order valence-corrected chi connectivity index (χ1v) is 9.78. The number of nitrogens with one attached hydrogen (secondary N) is 1. The molecule has 0 spiro atoms. The molecular formula is C21H18Cl3NO.